The molecule has 139 heavy (non-hydrogen) atoms. The van der Waals surface area contributed by atoms with Crippen LogP contribution in [0.1, 0.15) is 44.2 Å². The van der Waals surface area contributed by atoms with E-state index in [1.165, 1.54) is 0 Å². The standard InChI is InChI=1S/C32H56N6O13.C26H52N6O13.C23H47N7O13/c1-12-2-4-13(5-3-12)6-7-38-10-17-23(42)25(44)20(37)31(47-17)49-27-15(35)8-14(34)21(40)29(27)51-32-26(45)28(18(11-39)48-32)50-30-19(36)24(43)22(41)16(9-33)46-30;1-7(2)32-5-11-17(36)19(38)14(31)25(41-11)43-21-9(29)3-8(28)15(34)23(21)45-26-20(39)22(12(6-33)42-26)44-24-13(30)18(37)16(35)10(4-27)40-24;24-2-7-13(33)15(35)10(27)21(38-7)42-19-9(4-31)40-23(17(19)37)43-20-12(32)5(25)1-6(26)18(20)41-22-11(28)16(36)14(34)8(39-22)3-30-29/h2-5,14-32,38-45H,6-11,33-37H2,1H3;7-26,32-39H,3-6,27-31H2,1-2H3;5-23,30-37H,1-4,24-29H2/t14-,15+,16+,17-,18-,19-,20-,21+,22-,23-,24-,25-,26-,27-,28-,29-,30-,31-,32+;8-,9+,10+,11-,12-,13-,14-,15+,16-,17-,18-,19-,20-,21-,22-,23-,24-,25-,26+;5-,6+,7+,8-,9-,10-,11-,12+,13-,14-,15-,16-,17-,18-,19-,20-,21-,22-,23+/m111/s1. The topological polar surface area (TPSA) is 1040 Å². The zero-order valence-corrected chi connectivity index (χ0v) is 77.2. The molecule has 0 bridgehead atoms. The van der Waals surface area contributed by atoms with E-state index in [1.54, 1.807) is 0 Å². The van der Waals surface area contributed by atoms with Gasteiger partial charge in [-0.2, -0.15) is 0 Å². The van der Waals surface area contributed by atoms with Crippen LogP contribution in [0.2, 0.25) is 0 Å². The first-order valence-electron chi connectivity index (χ1n) is 46.8. The van der Waals surface area contributed by atoms with E-state index in [4.69, 9.17) is 177 Å². The van der Waals surface area contributed by atoms with Gasteiger partial charge in [0.1, 0.15) is 201 Å². The first-order valence-corrected chi connectivity index (χ1v) is 46.8. The fourth-order valence-electron chi connectivity index (χ4n) is 18.8. The van der Waals surface area contributed by atoms with Gasteiger partial charge in [0, 0.05) is 81.6 Å². The van der Waals surface area contributed by atoms with Crippen LogP contribution in [0.5, 0.6) is 0 Å². The van der Waals surface area contributed by atoms with Gasteiger partial charge in [0.15, 0.2) is 56.6 Å². The number of aliphatic hydroxyl groups excluding tert-OH is 21. The number of hydrazine groups is 1. The van der Waals surface area contributed by atoms with Crippen LogP contribution >= 0.6 is 0 Å². The average Bonchev–Trinajstić information content (AvgIpc) is 1.71. The fraction of sp³-hybridized carbons (Fsp3) is 0.926. The lowest BCUT2D eigenvalue weighted by Gasteiger charge is -2.47. The van der Waals surface area contributed by atoms with Crippen molar-refractivity contribution in [2.24, 2.45) is 91.8 Å². The van der Waals surface area contributed by atoms with Gasteiger partial charge in [0.2, 0.25) is 0 Å². The monoisotopic (exact) mass is 2020 g/mol. The van der Waals surface area contributed by atoms with Crippen LogP contribution in [0.3, 0.4) is 0 Å². The molecule has 12 fully saturated rings. The number of ether oxygens (including phenoxy) is 18. The van der Waals surface area contributed by atoms with Crippen molar-refractivity contribution in [3.05, 3.63) is 35.4 Å². The Morgan fingerprint density at radius 1 is 0.288 bits per heavy atom. The smallest absolute Gasteiger partial charge is 0.187 e. The zero-order chi connectivity index (χ0) is 102. The summed E-state index contributed by atoms with van der Waals surface area (Å²) in [7, 11) is 0. The van der Waals surface area contributed by atoms with E-state index in [2.05, 4.69) is 16.1 Å². The summed E-state index contributed by atoms with van der Waals surface area (Å²) in [6.07, 6.45) is -58.3. The van der Waals surface area contributed by atoms with Gasteiger partial charge in [-0.15, -0.1) is 0 Å². The Morgan fingerprint density at radius 3 is 0.784 bits per heavy atom. The molecule has 57 atom stereocenters. The summed E-state index contributed by atoms with van der Waals surface area (Å²) in [6.45, 7) is 4.21. The van der Waals surface area contributed by atoms with Crippen molar-refractivity contribution < 1.29 is 193 Å². The zero-order valence-electron chi connectivity index (χ0n) is 77.2. The first-order chi connectivity index (χ1) is 65.8. The molecule has 3 aliphatic carbocycles. The third kappa shape index (κ3) is 26.8. The molecule has 9 saturated heterocycles. The molecule has 0 aromatic heterocycles. The number of nitrogens with one attached hydrogen (secondary N) is 3. The number of benzene rings is 1. The maximum absolute atomic E-state index is 11.3. The van der Waals surface area contributed by atoms with Crippen LogP contribution in [-0.4, -0.2) is 528 Å². The minimum Gasteiger partial charge on any atom is -0.394 e. The van der Waals surface area contributed by atoms with Crippen molar-refractivity contribution in [3.63, 3.8) is 0 Å². The van der Waals surface area contributed by atoms with E-state index < -0.39 is 369 Å². The van der Waals surface area contributed by atoms with E-state index in [1.807, 2.05) is 45.0 Å². The highest BCUT2D eigenvalue weighted by Gasteiger charge is 2.61. The highest BCUT2D eigenvalue weighted by molar-refractivity contribution is 5.22. The van der Waals surface area contributed by atoms with Gasteiger partial charge in [0.25, 0.3) is 0 Å². The van der Waals surface area contributed by atoms with E-state index in [0.717, 1.165) is 17.5 Å². The quantitative estimate of drug-likeness (QED) is 0.0173. The predicted molar refractivity (Wildman–Crippen MR) is 471 cm³/mol. The van der Waals surface area contributed by atoms with Crippen molar-refractivity contribution in [3.8, 4) is 0 Å². The van der Waals surface area contributed by atoms with Crippen LogP contribution in [0.25, 0.3) is 0 Å². The summed E-state index contributed by atoms with van der Waals surface area (Å²) in [5, 5.41) is 228. The molecule has 58 nitrogen and oxygen atoms in total. The molecule has 12 aliphatic rings. The van der Waals surface area contributed by atoms with Gasteiger partial charge in [-0.25, -0.2) is 0 Å². The Hall–Kier alpha value is -3.10. The van der Waals surface area contributed by atoms with Gasteiger partial charge in [-0.3, -0.25) is 11.3 Å². The average molecular weight is 2020 g/mol. The van der Waals surface area contributed by atoms with Crippen molar-refractivity contribution >= 4 is 0 Å². The number of aliphatic hydroxyl groups is 21. The summed E-state index contributed by atoms with van der Waals surface area (Å²) in [5.74, 6) is 5.35. The molecule has 0 unspecified atom stereocenters. The fourth-order valence-corrected chi connectivity index (χ4v) is 18.8. The molecular weight excluding hydrogens is 1860 g/mol. The predicted octanol–water partition coefficient (Wildman–Crippen LogP) is -24.0. The number of rotatable bonds is 34. The SMILES string of the molecule is CC(C)NC[C@H]1O[C@H](O[C@H]2[C@H](O[C@@H]3O[C@H](CO)[C@@H](O[C@H]4O[C@@H](CN)[C@@H](O)[C@H](O)[C@H]4N)[C@H]3O)[C@@H](O)[C@H](N)C[C@@H]2N)[C@H](N)[C@@H](O)[C@@H]1O.Cc1ccc(CCNC[C@H]2O[C@H](O[C@H]3[C@H](O[C@@H]4O[C@H](CO)[C@@H](O[C@H]5O[C@@H](CN)[C@@H](O)[C@H](O)[C@H]5N)[C@H]4O)[C@@H](O)[C@H](N)C[C@@H]3N)[C@H](N)[C@@H](O)[C@@H]2O)cc1.NC[C@@H]1O[C@H](O[C@H]2[C@@H](O)[C@H](O[C@@H]3[C@@H](O)[C@H](N)C[C@H](N)[C@H]3O[C@H]3O[C@H](CNN)[C@@H](O)[C@H](O)[C@H]3N)O[C@@H]2CO)[C@H](N)[C@@H](O)[C@@H]1O. The van der Waals surface area contributed by atoms with Crippen LogP contribution in [0.4, 0.5) is 0 Å². The highest BCUT2D eigenvalue weighted by Crippen LogP contribution is 2.41. The van der Waals surface area contributed by atoms with Gasteiger partial charge < -0.3 is 289 Å². The lowest BCUT2D eigenvalue weighted by atomic mass is 9.84. The summed E-state index contributed by atoms with van der Waals surface area (Å²) >= 11 is 0. The Balaban J connectivity index is 0.000000201. The van der Waals surface area contributed by atoms with E-state index >= 15 is 0 Å². The van der Waals surface area contributed by atoms with Gasteiger partial charge in [-0.05, 0) is 44.7 Å². The third-order valence-electron chi connectivity index (χ3n) is 27.5. The lowest BCUT2D eigenvalue weighted by molar-refractivity contribution is -0.307. The van der Waals surface area contributed by atoms with Crippen LogP contribution in [0.15, 0.2) is 24.3 Å². The summed E-state index contributed by atoms with van der Waals surface area (Å²) in [4.78, 5) is 0. The van der Waals surface area contributed by atoms with Gasteiger partial charge >= 0.3 is 0 Å². The van der Waals surface area contributed by atoms with E-state index in [-0.39, 0.29) is 64.6 Å². The van der Waals surface area contributed by atoms with Crippen LogP contribution < -0.4 is 108 Å². The van der Waals surface area contributed by atoms with Crippen LogP contribution in [-0.2, 0) is 91.7 Å². The summed E-state index contributed by atoms with van der Waals surface area (Å²) in [6, 6.07) is -4.40. The molecule has 1 aromatic rings. The molecule has 808 valence electrons. The second kappa shape index (κ2) is 51.9. The van der Waals surface area contributed by atoms with Crippen molar-refractivity contribution in [2.75, 3.05) is 65.6 Å². The molecular formula is C81H155N19O39. The molecule has 0 radical (unpaired) electrons. The molecule has 9 aliphatic heterocycles. The molecule has 1 aromatic carbocycles. The van der Waals surface area contributed by atoms with Crippen molar-refractivity contribution in [2.45, 2.75) is 401 Å². The molecule has 3 saturated carbocycles. The Labute approximate surface area is 800 Å². The molecule has 9 heterocycles. The second-order valence-corrected chi connectivity index (χ2v) is 37.9. The number of hydrogen-bond acceptors (Lipinski definition) is 58. The minimum absolute atomic E-state index is 0.0571. The van der Waals surface area contributed by atoms with E-state index in [9.17, 15) is 107 Å². The van der Waals surface area contributed by atoms with Gasteiger partial charge in [0.05, 0.1) is 74.4 Å². The van der Waals surface area contributed by atoms with Crippen molar-refractivity contribution in [1.82, 2.24) is 16.1 Å². The Bertz CT molecular complexity index is 3770. The third-order valence-corrected chi connectivity index (χ3v) is 27.5. The van der Waals surface area contributed by atoms with Crippen LogP contribution in [0, 0.1) is 6.92 Å². The molecule has 58 heteroatoms. The minimum atomic E-state index is -1.61. The maximum Gasteiger partial charge on any atom is 0.187 e. The Morgan fingerprint density at radius 2 is 0.525 bits per heavy atom. The number of aryl methyl sites for hydroxylation is 1. The summed E-state index contributed by atoms with van der Waals surface area (Å²) < 4.78 is 106. The molecule has 0 amide bonds. The largest absolute Gasteiger partial charge is 0.394 e. The second-order valence-electron chi connectivity index (χ2n) is 37.9. The molecule has 0 spiro atoms. The van der Waals surface area contributed by atoms with Crippen molar-refractivity contribution in [1.29, 1.82) is 0 Å². The number of hydrogen-bond donors (Lipinski definition) is 40. The lowest BCUT2D eigenvalue weighted by Crippen LogP contribution is -2.68. The number of nitrogens with two attached hydrogens (primary N) is 16. The maximum atomic E-state index is 11.3. The normalized spacial score (nSPS) is 49.9. The van der Waals surface area contributed by atoms with Gasteiger partial charge in [-0.1, -0.05) is 43.7 Å². The molecule has 13 rings (SSSR count). The van der Waals surface area contributed by atoms with E-state index in [0.29, 0.717) is 6.54 Å². The highest BCUT2D eigenvalue weighted by atomic mass is 16.8. The Kier molecular flexibility index (Phi) is 43.4. The molecule has 56 N–H and O–H groups in total. The summed E-state index contributed by atoms with van der Waals surface area (Å²) in [5.41, 5.74) is 95.6. The first kappa shape index (κ1) is 116.